The van der Waals surface area contributed by atoms with E-state index in [4.69, 9.17) is 4.42 Å². The lowest BCUT2D eigenvalue weighted by molar-refractivity contribution is -0.119. The van der Waals surface area contributed by atoms with Gasteiger partial charge in [0.25, 0.3) is 10.0 Å². The fourth-order valence-corrected chi connectivity index (χ4v) is 5.18. The number of amides is 1. The summed E-state index contributed by atoms with van der Waals surface area (Å²) in [5.74, 6) is 2.24. The number of carbonyl (C=O) groups is 1. The molecule has 6 nitrogen and oxygen atoms in total. The van der Waals surface area contributed by atoms with Gasteiger partial charge in [-0.2, -0.15) is 11.8 Å². The maximum atomic E-state index is 13.2. The van der Waals surface area contributed by atoms with Crippen LogP contribution in [0.4, 0.5) is 5.69 Å². The van der Waals surface area contributed by atoms with Crippen LogP contribution in [0.15, 0.2) is 82.3 Å². The van der Waals surface area contributed by atoms with E-state index in [-0.39, 0.29) is 17.3 Å². The summed E-state index contributed by atoms with van der Waals surface area (Å²) in [6.07, 6.45) is 2.44. The van der Waals surface area contributed by atoms with Crippen molar-refractivity contribution in [2.24, 2.45) is 0 Å². The fourth-order valence-electron chi connectivity index (χ4n) is 2.90. The summed E-state index contributed by atoms with van der Waals surface area (Å²) in [6.45, 7) is 2.10. The van der Waals surface area contributed by atoms with Crippen LogP contribution in [-0.4, -0.2) is 33.2 Å². The predicted molar refractivity (Wildman–Crippen MR) is 125 cm³/mol. The second kappa shape index (κ2) is 11.1. The summed E-state index contributed by atoms with van der Waals surface area (Å²) >= 11 is 1.72. The highest BCUT2D eigenvalue weighted by Gasteiger charge is 2.26. The molecule has 8 heteroatoms. The summed E-state index contributed by atoms with van der Waals surface area (Å²) in [5.41, 5.74) is 1.42. The molecule has 0 aliphatic carbocycles. The molecule has 0 aliphatic rings. The van der Waals surface area contributed by atoms with Crippen LogP contribution < -0.4 is 9.62 Å². The molecule has 3 aromatic rings. The van der Waals surface area contributed by atoms with Crippen LogP contribution in [-0.2, 0) is 20.6 Å². The quantitative estimate of drug-likeness (QED) is 0.435. The van der Waals surface area contributed by atoms with Crippen molar-refractivity contribution >= 4 is 33.4 Å². The molecule has 164 valence electrons. The second-order valence-electron chi connectivity index (χ2n) is 7.00. The van der Waals surface area contributed by atoms with Crippen molar-refractivity contribution in [2.45, 2.75) is 24.0 Å². The molecular formula is C23H26N2O4S2. The lowest BCUT2D eigenvalue weighted by atomic mass is 10.2. The molecule has 0 radical (unpaired) electrons. The number of benzene rings is 2. The molecule has 1 heterocycles. The lowest BCUT2D eigenvalue weighted by Gasteiger charge is -2.24. The number of nitrogens with one attached hydrogen (secondary N) is 1. The normalized spacial score (nSPS) is 11.3. The number of rotatable bonds is 11. The molecule has 0 saturated heterocycles. The van der Waals surface area contributed by atoms with Gasteiger partial charge in [0, 0.05) is 6.54 Å². The Morgan fingerprint density at radius 3 is 2.45 bits per heavy atom. The number of thioether (sulfide) groups is 1. The minimum absolute atomic E-state index is 0.157. The van der Waals surface area contributed by atoms with Gasteiger partial charge in [-0.05, 0) is 55.5 Å². The Kier molecular flexibility index (Phi) is 8.20. The average Bonchev–Trinajstić information content (AvgIpc) is 3.29. The maximum absolute atomic E-state index is 13.2. The van der Waals surface area contributed by atoms with Gasteiger partial charge in [-0.1, -0.05) is 35.9 Å². The third-order valence-corrected chi connectivity index (χ3v) is 7.41. The number of nitrogens with zero attached hydrogens (tertiary/aromatic N) is 1. The van der Waals surface area contributed by atoms with Crippen molar-refractivity contribution in [3.05, 3.63) is 84.3 Å². The van der Waals surface area contributed by atoms with Gasteiger partial charge in [0.1, 0.15) is 12.3 Å². The Bertz CT molecular complexity index is 1050. The van der Waals surface area contributed by atoms with Crippen LogP contribution in [0.5, 0.6) is 0 Å². The third kappa shape index (κ3) is 6.63. The topological polar surface area (TPSA) is 79.6 Å². The summed E-state index contributed by atoms with van der Waals surface area (Å²) in [4.78, 5) is 12.7. The predicted octanol–water partition coefficient (Wildman–Crippen LogP) is 4.22. The minimum atomic E-state index is -3.87. The van der Waals surface area contributed by atoms with Crippen LogP contribution in [0.1, 0.15) is 17.7 Å². The van der Waals surface area contributed by atoms with Gasteiger partial charge in [0.15, 0.2) is 0 Å². The first-order chi connectivity index (χ1) is 15.0. The number of carbonyl (C=O) groups excluding carboxylic acids is 1. The number of aryl methyl sites for hydroxylation is 1. The molecule has 0 unspecified atom stereocenters. The van der Waals surface area contributed by atoms with E-state index in [0.717, 1.165) is 33.6 Å². The van der Waals surface area contributed by atoms with Crippen molar-refractivity contribution in [3.63, 3.8) is 0 Å². The molecule has 0 fully saturated rings. The van der Waals surface area contributed by atoms with E-state index in [1.54, 1.807) is 72.6 Å². The molecular weight excluding hydrogens is 432 g/mol. The molecule has 0 bridgehead atoms. The number of para-hydroxylation sites is 1. The highest BCUT2D eigenvalue weighted by Crippen LogP contribution is 2.23. The molecule has 0 spiro atoms. The first-order valence-corrected chi connectivity index (χ1v) is 12.6. The van der Waals surface area contributed by atoms with E-state index in [1.807, 2.05) is 19.1 Å². The van der Waals surface area contributed by atoms with Gasteiger partial charge in [-0.25, -0.2) is 8.42 Å². The van der Waals surface area contributed by atoms with Gasteiger partial charge >= 0.3 is 0 Å². The van der Waals surface area contributed by atoms with E-state index in [0.29, 0.717) is 12.2 Å². The number of hydrogen-bond acceptors (Lipinski definition) is 5. The molecule has 1 amide bonds. The van der Waals surface area contributed by atoms with E-state index in [2.05, 4.69) is 5.32 Å². The summed E-state index contributed by atoms with van der Waals surface area (Å²) in [7, 11) is -3.87. The Morgan fingerprint density at radius 1 is 1.03 bits per heavy atom. The van der Waals surface area contributed by atoms with Crippen molar-refractivity contribution < 1.29 is 17.6 Å². The van der Waals surface area contributed by atoms with Crippen molar-refractivity contribution in [1.29, 1.82) is 0 Å². The van der Waals surface area contributed by atoms with Crippen molar-refractivity contribution in [1.82, 2.24) is 5.32 Å². The van der Waals surface area contributed by atoms with E-state index < -0.39 is 10.0 Å². The SMILES string of the molecule is Cc1ccc(S(=O)(=O)N(CC(=O)NCCCSCc2ccco2)c2ccccc2)cc1. The van der Waals surface area contributed by atoms with E-state index in [1.165, 1.54) is 0 Å². The van der Waals surface area contributed by atoms with E-state index in [9.17, 15) is 13.2 Å². The smallest absolute Gasteiger partial charge is 0.264 e. The van der Waals surface area contributed by atoms with Gasteiger partial charge in [-0.15, -0.1) is 0 Å². The average molecular weight is 459 g/mol. The summed E-state index contributed by atoms with van der Waals surface area (Å²) < 4.78 is 32.9. The molecule has 0 atom stereocenters. The molecule has 0 aliphatic heterocycles. The minimum Gasteiger partial charge on any atom is -0.468 e. The first kappa shape index (κ1) is 23.0. The highest BCUT2D eigenvalue weighted by molar-refractivity contribution is 7.98. The standard InChI is InChI=1S/C23H26N2O4S2/c1-19-10-12-22(13-11-19)31(27,28)25(20-7-3-2-4-8-20)17-23(26)24-14-6-16-30-18-21-9-5-15-29-21/h2-5,7-13,15H,6,14,16-18H2,1H3,(H,24,26). The zero-order chi connectivity index (χ0) is 22.1. The molecule has 1 aromatic heterocycles. The Hall–Kier alpha value is -2.71. The number of anilines is 1. The van der Waals surface area contributed by atoms with Crippen LogP contribution in [0, 0.1) is 6.92 Å². The Labute approximate surface area is 187 Å². The lowest BCUT2D eigenvalue weighted by Crippen LogP contribution is -2.41. The van der Waals surface area contributed by atoms with Gasteiger partial charge in [0.05, 0.1) is 22.6 Å². The van der Waals surface area contributed by atoms with Gasteiger partial charge in [-0.3, -0.25) is 9.10 Å². The van der Waals surface area contributed by atoms with Crippen LogP contribution >= 0.6 is 11.8 Å². The monoisotopic (exact) mass is 458 g/mol. The number of sulfonamides is 1. The molecule has 31 heavy (non-hydrogen) atoms. The van der Waals surface area contributed by atoms with Crippen LogP contribution in [0.2, 0.25) is 0 Å². The first-order valence-electron chi connectivity index (χ1n) is 9.98. The van der Waals surface area contributed by atoms with Gasteiger partial charge < -0.3 is 9.73 Å². The largest absolute Gasteiger partial charge is 0.468 e. The van der Waals surface area contributed by atoms with Crippen LogP contribution in [0.25, 0.3) is 0 Å². The van der Waals surface area contributed by atoms with Crippen molar-refractivity contribution in [3.8, 4) is 0 Å². The van der Waals surface area contributed by atoms with Crippen LogP contribution in [0.3, 0.4) is 0 Å². The zero-order valence-corrected chi connectivity index (χ0v) is 19.0. The fraction of sp³-hybridized carbons (Fsp3) is 0.261. The Morgan fingerprint density at radius 2 is 1.77 bits per heavy atom. The third-order valence-electron chi connectivity index (χ3n) is 4.55. The van der Waals surface area contributed by atoms with Gasteiger partial charge in [0.2, 0.25) is 5.91 Å². The Balaban J connectivity index is 1.58. The summed E-state index contributed by atoms with van der Waals surface area (Å²) in [5, 5.41) is 2.83. The second-order valence-corrected chi connectivity index (χ2v) is 9.96. The molecule has 2 aromatic carbocycles. The van der Waals surface area contributed by atoms with Crippen molar-refractivity contribution in [2.75, 3.05) is 23.1 Å². The number of furan rings is 1. The number of hydrogen-bond donors (Lipinski definition) is 1. The molecule has 0 saturated carbocycles. The summed E-state index contributed by atoms with van der Waals surface area (Å²) in [6, 6.07) is 19.1. The highest BCUT2D eigenvalue weighted by atomic mass is 32.2. The molecule has 1 N–H and O–H groups in total. The van der Waals surface area contributed by atoms with E-state index >= 15 is 0 Å². The molecule has 3 rings (SSSR count). The zero-order valence-electron chi connectivity index (χ0n) is 17.4. The maximum Gasteiger partial charge on any atom is 0.264 e.